The molecule has 0 radical (unpaired) electrons. The zero-order chi connectivity index (χ0) is 11.5. The summed E-state index contributed by atoms with van der Waals surface area (Å²) in [4.78, 5) is 2.79. The third-order valence-corrected chi connectivity index (χ3v) is 4.31. The van der Waals surface area contributed by atoms with Crippen LogP contribution in [0.2, 0.25) is 0 Å². The summed E-state index contributed by atoms with van der Waals surface area (Å²) < 4.78 is 0. The van der Waals surface area contributed by atoms with Gasteiger partial charge in [-0.15, -0.1) is 11.3 Å². The van der Waals surface area contributed by atoms with Gasteiger partial charge >= 0.3 is 0 Å². The zero-order valence-electron chi connectivity index (χ0n) is 10.3. The Bertz CT molecular complexity index is 342. The molecule has 0 spiro atoms. The molecule has 0 saturated heterocycles. The summed E-state index contributed by atoms with van der Waals surface area (Å²) in [6, 6.07) is 2.63. The van der Waals surface area contributed by atoms with E-state index in [1.165, 1.54) is 34.6 Å². The van der Waals surface area contributed by atoms with Crippen LogP contribution in [0.4, 0.5) is 0 Å². The van der Waals surface area contributed by atoms with Crippen molar-refractivity contribution in [2.45, 2.75) is 39.2 Å². The van der Waals surface area contributed by atoms with Crippen molar-refractivity contribution in [1.82, 2.24) is 5.32 Å². The first-order valence-electron chi connectivity index (χ1n) is 6.21. The van der Waals surface area contributed by atoms with E-state index < -0.39 is 0 Å². The van der Waals surface area contributed by atoms with Crippen LogP contribution < -0.4 is 11.1 Å². The van der Waals surface area contributed by atoms with E-state index in [-0.39, 0.29) is 0 Å². The summed E-state index contributed by atoms with van der Waals surface area (Å²) in [5.74, 6) is 0.997. The molecule has 1 aliphatic rings. The van der Waals surface area contributed by atoms with Crippen LogP contribution in [0.15, 0.2) is 6.07 Å². The number of rotatable bonds is 6. The molecule has 90 valence electrons. The van der Waals surface area contributed by atoms with E-state index >= 15 is 0 Å². The minimum atomic E-state index is 0.351. The third-order valence-electron chi connectivity index (χ3n) is 3.33. The summed E-state index contributed by atoms with van der Waals surface area (Å²) >= 11 is 1.87. The van der Waals surface area contributed by atoms with Gasteiger partial charge in [-0.25, -0.2) is 0 Å². The number of hydrogen-bond acceptors (Lipinski definition) is 3. The second kappa shape index (κ2) is 5.30. The van der Waals surface area contributed by atoms with Gasteiger partial charge < -0.3 is 11.1 Å². The quantitative estimate of drug-likeness (QED) is 0.800. The molecule has 1 aromatic heterocycles. The first-order valence-corrected chi connectivity index (χ1v) is 7.02. The monoisotopic (exact) mass is 238 g/mol. The topological polar surface area (TPSA) is 38.0 Å². The van der Waals surface area contributed by atoms with Gasteiger partial charge in [0.05, 0.1) is 0 Å². The maximum absolute atomic E-state index is 5.86. The van der Waals surface area contributed by atoms with Gasteiger partial charge in [-0.3, -0.25) is 0 Å². The normalized spacial score (nSPS) is 17.7. The van der Waals surface area contributed by atoms with Crippen molar-refractivity contribution in [2.75, 3.05) is 13.1 Å². The standard InChI is InChI=1S/C13H22N2S/c1-9-7-12(10(2)16-9)13(8-14)15-6-5-11-3-4-11/h7,11,13,15H,3-6,8,14H2,1-2H3. The van der Waals surface area contributed by atoms with Crippen molar-refractivity contribution in [3.05, 3.63) is 21.4 Å². The van der Waals surface area contributed by atoms with E-state index in [0.717, 1.165) is 12.5 Å². The van der Waals surface area contributed by atoms with Crippen molar-refractivity contribution in [1.29, 1.82) is 0 Å². The maximum Gasteiger partial charge on any atom is 0.0455 e. The summed E-state index contributed by atoms with van der Waals surface area (Å²) in [5.41, 5.74) is 7.26. The van der Waals surface area contributed by atoms with Gasteiger partial charge in [0.2, 0.25) is 0 Å². The van der Waals surface area contributed by atoms with Crippen molar-refractivity contribution in [3.8, 4) is 0 Å². The van der Waals surface area contributed by atoms with E-state index in [1.807, 2.05) is 11.3 Å². The molecular weight excluding hydrogens is 216 g/mol. The lowest BCUT2D eigenvalue weighted by molar-refractivity contribution is 0.516. The van der Waals surface area contributed by atoms with Gasteiger partial charge in [0.25, 0.3) is 0 Å². The summed E-state index contributed by atoms with van der Waals surface area (Å²) in [7, 11) is 0. The average molecular weight is 238 g/mol. The van der Waals surface area contributed by atoms with E-state index in [1.54, 1.807) is 0 Å². The van der Waals surface area contributed by atoms with Gasteiger partial charge in [-0.1, -0.05) is 12.8 Å². The molecule has 0 aliphatic heterocycles. The molecule has 0 bridgehead atoms. The largest absolute Gasteiger partial charge is 0.329 e. The number of thiophene rings is 1. The fourth-order valence-corrected chi connectivity index (χ4v) is 3.17. The molecule has 1 aliphatic carbocycles. The molecule has 2 nitrogen and oxygen atoms in total. The van der Waals surface area contributed by atoms with E-state index in [9.17, 15) is 0 Å². The van der Waals surface area contributed by atoms with E-state index in [0.29, 0.717) is 12.6 Å². The van der Waals surface area contributed by atoms with Crippen molar-refractivity contribution < 1.29 is 0 Å². The average Bonchev–Trinajstić information content (AvgIpc) is 3.00. The molecule has 0 aromatic carbocycles. The Labute approximate surface area is 102 Å². The fourth-order valence-electron chi connectivity index (χ4n) is 2.18. The Hall–Kier alpha value is -0.380. The van der Waals surface area contributed by atoms with Crippen LogP contribution in [-0.4, -0.2) is 13.1 Å². The second-order valence-corrected chi connectivity index (χ2v) is 6.30. The minimum Gasteiger partial charge on any atom is -0.329 e. The predicted octanol–water partition coefficient (Wildman–Crippen LogP) is 2.75. The molecule has 1 saturated carbocycles. The first kappa shape index (κ1) is 12.1. The Kier molecular flexibility index (Phi) is 4.00. The zero-order valence-corrected chi connectivity index (χ0v) is 11.1. The Balaban J connectivity index is 1.89. The van der Waals surface area contributed by atoms with Crippen LogP contribution in [0.25, 0.3) is 0 Å². The minimum absolute atomic E-state index is 0.351. The Morgan fingerprint density at radius 1 is 1.50 bits per heavy atom. The smallest absolute Gasteiger partial charge is 0.0455 e. The summed E-state index contributed by atoms with van der Waals surface area (Å²) in [6.07, 6.45) is 4.19. The molecule has 1 fully saturated rings. The van der Waals surface area contributed by atoms with Gasteiger partial charge in [0.15, 0.2) is 0 Å². The Morgan fingerprint density at radius 2 is 2.25 bits per heavy atom. The van der Waals surface area contributed by atoms with Crippen LogP contribution in [0.5, 0.6) is 0 Å². The van der Waals surface area contributed by atoms with Crippen LogP contribution >= 0.6 is 11.3 Å². The first-order chi connectivity index (χ1) is 7.70. The number of hydrogen-bond donors (Lipinski definition) is 2. The second-order valence-electron chi connectivity index (χ2n) is 4.84. The van der Waals surface area contributed by atoms with Crippen LogP contribution in [0, 0.1) is 19.8 Å². The number of nitrogens with one attached hydrogen (secondary N) is 1. The van der Waals surface area contributed by atoms with E-state index in [2.05, 4.69) is 25.2 Å². The predicted molar refractivity (Wildman–Crippen MR) is 70.9 cm³/mol. The maximum atomic E-state index is 5.86. The van der Waals surface area contributed by atoms with Crippen molar-refractivity contribution >= 4 is 11.3 Å². The third kappa shape index (κ3) is 3.06. The summed E-state index contributed by atoms with van der Waals surface area (Å²) in [5, 5.41) is 3.59. The van der Waals surface area contributed by atoms with Gasteiger partial charge in [-0.2, -0.15) is 0 Å². The van der Waals surface area contributed by atoms with Gasteiger partial charge in [-0.05, 0) is 44.4 Å². The molecule has 16 heavy (non-hydrogen) atoms. The molecule has 1 unspecified atom stereocenters. The molecule has 1 atom stereocenters. The highest BCUT2D eigenvalue weighted by Gasteiger charge is 2.21. The van der Waals surface area contributed by atoms with Gasteiger partial charge in [0, 0.05) is 22.3 Å². The lowest BCUT2D eigenvalue weighted by Crippen LogP contribution is -2.29. The van der Waals surface area contributed by atoms with E-state index in [4.69, 9.17) is 5.73 Å². The highest BCUT2D eigenvalue weighted by Crippen LogP contribution is 2.32. The SMILES string of the molecule is Cc1cc(C(CN)NCCC2CC2)c(C)s1. The fraction of sp³-hybridized carbons (Fsp3) is 0.692. The number of aryl methyl sites for hydroxylation is 2. The highest BCUT2D eigenvalue weighted by molar-refractivity contribution is 7.12. The van der Waals surface area contributed by atoms with Gasteiger partial charge in [0.1, 0.15) is 0 Å². The molecule has 3 heteroatoms. The van der Waals surface area contributed by atoms with Crippen LogP contribution in [-0.2, 0) is 0 Å². The summed E-state index contributed by atoms with van der Waals surface area (Å²) in [6.45, 7) is 6.17. The molecule has 3 N–H and O–H groups in total. The van der Waals surface area contributed by atoms with Crippen LogP contribution in [0.3, 0.4) is 0 Å². The molecule has 1 heterocycles. The van der Waals surface area contributed by atoms with Crippen molar-refractivity contribution in [3.63, 3.8) is 0 Å². The van der Waals surface area contributed by atoms with Crippen molar-refractivity contribution in [2.24, 2.45) is 11.7 Å². The lowest BCUT2D eigenvalue weighted by atomic mass is 10.1. The molecule has 2 rings (SSSR count). The lowest BCUT2D eigenvalue weighted by Gasteiger charge is -2.16. The van der Waals surface area contributed by atoms with Crippen LogP contribution in [0.1, 0.15) is 40.6 Å². The highest BCUT2D eigenvalue weighted by atomic mass is 32.1. The Morgan fingerprint density at radius 3 is 2.75 bits per heavy atom. The number of nitrogens with two attached hydrogens (primary N) is 1. The molecular formula is C13H22N2S. The molecule has 1 aromatic rings. The molecule has 0 amide bonds.